The fraction of sp³-hybridized carbons (Fsp3) is 1.00. The van der Waals surface area contributed by atoms with Crippen molar-refractivity contribution in [2.24, 2.45) is 0 Å². The van der Waals surface area contributed by atoms with Gasteiger partial charge in [-0.05, 0) is 20.3 Å². The Balaban J connectivity index is 0. The van der Waals surface area contributed by atoms with E-state index >= 15 is 0 Å². The molecule has 6 heteroatoms. The van der Waals surface area contributed by atoms with Crippen LogP contribution in [0.25, 0.3) is 0 Å². The van der Waals surface area contributed by atoms with Crippen LogP contribution in [-0.4, -0.2) is 41.3 Å². The molecule has 76 valence electrons. The summed E-state index contributed by atoms with van der Waals surface area (Å²) in [5.41, 5.74) is 0. The van der Waals surface area contributed by atoms with Gasteiger partial charge in [0, 0.05) is 12.7 Å². The van der Waals surface area contributed by atoms with Gasteiger partial charge in [0.25, 0.3) is 0 Å². The molecule has 0 saturated carbocycles. The molecule has 0 radical (unpaired) electrons. The Bertz CT molecular complexity index is 87.7. The summed E-state index contributed by atoms with van der Waals surface area (Å²) in [4.78, 5) is 24.5. The van der Waals surface area contributed by atoms with Gasteiger partial charge in [-0.3, -0.25) is 0 Å². The summed E-state index contributed by atoms with van der Waals surface area (Å²) in [6, 6.07) is 0. The molecule has 0 aromatic heterocycles. The van der Waals surface area contributed by atoms with E-state index in [2.05, 4.69) is 4.43 Å². The van der Waals surface area contributed by atoms with Crippen LogP contribution in [0.4, 0.5) is 0 Å². The van der Waals surface area contributed by atoms with Crippen LogP contribution in [0.3, 0.4) is 0 Å². The van der Waals surface area contributed by atoms with E-state index in [4.69, 9.17) is 19.5 Å². The maximum absolute atomic E-state index is 8.18. The smallest absolute Gasteiger partial charge is 0.394 e. The van der Waals surface area contributed by atoms with E-state index in [1.54, 1.807) is 20.8 Å². The molecular weight excluding hydrogens is 180 g/mol. The average molecular weight is 198 g/mol. The van der Waals surface area contributed by atoms with Crippen molar-refractivity contribution in [1.29, 1.82) is 0 Å². The highest BCUT2D eigenvalue weighted by molar-refractivity contribution is 6.48. The molecule has 0 atom stereocenters. The molecule has 0 amide bonds. The lowest BCUT2D eigenvalue weighted by Gasteiger charge is -2.07. The van der Waals surface area contributed by atoms with Crippen molar-refractivity contribution in [1.82, 2.24) is 0 Å². The molecule has 0 bridgehead atoms. The second-order valence-corrected chi connectivity index (χ2v) is 3.95. The summed E-state index contributed by atoms with van der Waals surface area (Å²) < 4.78 is 4.18. The summed E-state index contributed by atoms with van der Waals surface area (Å²) in [5, 5.41) is 8.06. The highest BCUT2D eigenvalue weighted by Gasteiger charge is 2.29. The molecule has 0 aliphatic rings. The Morgan fingerprint density at radius 1 is 1.25 bits per heavy atom. The summed E-state index contributed by atoms with van der Waals surface area (Å²) in [5.74, 6) is 0. The second-order valence-electron chi connectivity index (χ2n) is 2.52. The molecule has 0 rings (SSSR count). The molecule has 5 nitrogen and oxygen atoms in total. The first kappa shape index (κ1) is 14.5. The Labute approximate surface area is 73.7 Å². The topological polar surface area (TPSA) is 90.2 Å². The van der Waals surface area contributed by atoms with Crippen LogP contribution in [0.2, 0.25) is 0 Å². The molecule has 0 aliphatic heterocycles. The lowest BCUT2D eigenvalue weighted by atomic mass is 10.5. The van der Waals surface area contributed by atoms with Crippen LogP contribution in [-0.2, 0) is 4.43 Å². The zero-order chi connectivity index (χ0) is 10.2. The van der Waals surface area contributed by atoms with Gasteiger partial charge in [0.15, 0.2) is 0 Å². The zero-order valence-corrected chi connectivity index (χ0v) is 8.69. The van der Waals surface area contributed by atoms with Gasteiger partial charge in [0.05, 0.1) is 0 Å². The quantitative estimate of drug-likeness (QED) is 0.446. The van der Waals surface area contributed by atoms with Crippen molar-refractivity contribution < 1.29 is 23.9 Å². The summed E-state index contributed by atoms with van der Waals surface area (Å²) in [6.45, 7) is 5.44. The van der Waals surface area contributed by atoms with Crippen LogP contribution in [0.1, 0.15) is 27.2 Å². The van der Waals surface area contributed by atoms with E-state index in [0.717, 1.165) is 0 Å². The Morgan fingerprint density at radius 2 is 1.58 bits per heavy atom. The SMILES string of the molecule is CC(C)O.CCCO[Si](O)(O)O. The number of hydrogen-bond donors (Lipinski definition) is 4. The minimum Gasteiger partial charge on any atom is -0.394 e. The first-order valence-electron chi connectivity index (χ1n) is 3.78. The van der Waals surface area contributed by atoms with Crippen molar-refractivity contribution in [2.45, 2.75) is 33.3 Å². The maximum atomic E-state index is 8.18. The molecule has 0 aliphatic carbocycles. The highest BCUT2D eigenvalue weighted by Crippen LogP contribution is 1.89. The molecule has 0 spiro atoms. The number of aliphatic hydroxyl groups is 1. The molecular formula is C6H18O5Si. The maximum Gasteiger partial charge on any atom is 0.671 e. The Morgan fingerprint density at radius 3 is 1.67 bits per heavy atom. The predicted molar refractivity (Wildman–Crippen MR) is 46.0 cm³/mol. The molecule has 0 aromatic rings. The van der Waals surface area contributed by atoms with Gasteiger partial charge in [-0.25, -0.2) is 0 Å². The summed E-state index contributed by atoms with van der Waals surface area (Å²) in [7, 11) is -4.18. The van der Waals surface area contributed by atoms with Crippen molar-refractivity contribution in [3.05, 3.63) is 0 Å². The fourth-order valence-corrected chi connectivity index (χ4v) is 0.717. The van der Waals surface area contributed by atoms with E-state index in [9.17, 15) is 0 Å². The lowest BCUT2D eigenvalue weighted by Crippen LogP contribution is -2.39. The van der Waals surface area contributed by atoms with Gasteiger partial charge in [-0.1, -0.05) is 6.92 Å². The monoisotopic (exact) mass is 198 g/mol. The molecule has 0 aromatic carbocycles. The summed E-state index contributed by atoms with van der Waals surface area (Å²) in [6.07, 6.45) is 0.496. The first-order valence-corrected chi connectivity index (χ1v) is 5.53. The van der Waals surface area contributed by atoms with E-state index in [1.165, 1.54) is 0 Å². The van der Waals surface area contributed by atoms with Crippen molar-refractivity contribution in [3.63, 3.8) is 0 Å². The molecule has 0 unspecified atom stereocenters. The molecule has 0 saturated heterocycles. The number of hydrogen-bond acceptors (Lipinski definition) is 5. The molecule has 0 fully saturated rings. The van der Waals surface area contributed by atoms with Crippen LogP contribution in [0, 0.1) is 0 Å². The van der Waals surface area contributed by atoms with E-state index in [-0.39, 0.29) is 12.7 Å². The third-order valence-corrected chi connectivity index (χ3v) is 1.09. The third-order valence-electron chi connectivity index (χ3n) is 0.500. The van der Waals surface area contributed by atoms with E-state index < -0.39 is 9.05 Å². The van der Waals surface area contributed by atoms with Crippen molar-refractivity contribution in [2.75, 3.05) is 6.61 Å². The lowest BCUT2D eigenvalue weighted by molar-refractivity contribution is 0.0636. The van der Waals surface area contributed by atoms with E-state index in [1.807, 2.05) is 0 Å². The van der Waals surface area contributed by atoms with Gasteiger partial charge in [-0.2, -0.15) is 0 Å². The number of aliphatic hydroxyl groups excluding tert-OH is 1. The zero-order valence-electron chi connectivity index (χ0n) is 7.69. The van der Waals surface area contributed by atoms with Crippen LogP contribution in [0.15, 0.2) is 0 Å². The largest absolute Gasteiger partial charge is 0.671 e. The van der Waals surface area contributed by atoms with Crippen molar-refractivity contribution >= 4 is 9.05 Å². The van der Waals surface area contributed by atoms with Crippen molar-refractivity contribution in [3.8, 4) is 0 Å². The Kier molecular flexibility index (Phi) is 9.27. The van der Waals surface area contributed by atoms with Gasteiger partial charge in [0.2, 0.25) is 0 Å². The first-order chi connectivity index (χ1) is 5.29. The number of rotatable bonds is 3. The highest BCUT2D eigenvalue weighted by atomic mass is 28.4. The summed E-state index contributed by atoms with van der Waals surface area (Å²) >= 11 is 0. The van der Waals surface area contributed by atoms with Crippen LogP contribution >= 0.6 is 0 Å². The van der Waals surface area contributed by atoms with Crippen LogP contribution in [0.5, 0.6) is 0 Å². The minimum absolute atomic E-state index is 0.167. The normalized spacial score (nSPS) is 11.0. The van der Waals surface area contributed by atoms with Gasteiger partial charge >= 0.3 is 9.05 Å². The molecule has 0 heterocycles. The molecule has 12 heavy (non-hydrogen) atoms. The van der Waals surface area contributed by atoms with Gasteiger partial charge < -0.3 is 23.9 Å². The fourth-order valence-electron chi connectivity index (χ4n) is 0.239. The minimum atomic E-state index is -4.18. The van der Waals surface area contributed by atoms with Gasteiger partial charge in [-0.15, -0.1) is 0 Å². The third kappa shape index (κ3) is 32.4. The van der Waals surface area contributed by atoms with Crippen LogP contribution < -0.4 is 0 Å². The van der Waals surface area contributed by atoms with Gasteiger partial charge in [0.1, 0.15) is 0 Å². The molecule has 4 N–H and O–H groups in total. The van der Waals surface area contributed by atoms with E-state index in [0.29, 0.717) is 6.42 Å². The average Bonchev–Trinajstić information content (AvgIpc) is 1.80. The predicted octanol–water partition coefficient (Wildman–Crippen LogP) is -0.787. The second kappa shape index (κ2) is 7.65. The Hall–Kier alpha value is 0.0169. The standard InChI is InChI=1S/C3H10O4Si.C3H8O/c1-2-3-7-8(4,5)6;1-3(2)4/h4-6H,2-3H2,1H3;3-4H,1-2H3.